The fourth-order valence-electron chi connectivity index (χ4n) is 4.29. The Morgan fingerprint density at radius 1 is 0.900 bits per heavy atom. The van der Waals surface area contributed by atoms with Crippen molar-refractivity contribution in [2.45, 2.75) is 65.6 Å². The van der Waals surface area contributed by atoms with Crippen molar-refractivity contribution < 1.29 is 9.47 Å². The van der Waals surface area contributed by atoms with Gasteiger partial charge in [-0.25, -0.2) is 9.97 Å². The number of methoxy groups -OCH3 is 2. The minimum absolute atomic E-state index is 0.196. The van der Waals surface area contributed by atoms with E-state index in [2.05, 4.69) is 57.6 Å². The summed E-state index contributed by atoms with van der Waals surface area (Å²) in [6.07, 6.45) is 1.33. The number of aromatic nitrogens is 2. The van der Waals surface area contributed by atoms with E-state index in [1.54, 1.807) is 14.2 Å². The van der Waals surface area contributed by atoms with Crippen LogP contribution < -0.4 is 11.1 Å². The van der Waals surface area contributed by atoms with Gasteiger partial charge in [0.2, 0.25) is 0 Å². The zero-order valence-electron chi connectivity index (χ0n) is 19.1. The minimum Gasteiger partial charge on any atom is -0.380 e. The lowest BCUT2D eigenvalue weighted by molar-refractivity contribution is 0.180. The molecule has 0 N–H and O–H groups in total. The summed E-state index contributed by atoms with van der Waals surface area (Å²) in [6, 6.07) is 2.17. The maximum atomic E-state index is 12.6. The van der Waals surface area contributed by atoms with Gasteiger partial charge in [0, 0.05) is 26.0 Å². The fraction of sp³-hybridized carbons (Fsp3) is 0.500. The fourth-order valence-corrected chi connectivity index (χ4v) is 4.29. The van der Waals surface area contributed by atoms with Crippen molar-refractivity contribution in [3.63, 3.8) is 0 Å². The molecule has 6 nitrogen and oxygen atoms in total. The molecule has 0 spiro atoms. The second kappa shape index (κ2) is 7.67. The normalized spacial score (nSPS) is 12.8. The summed E-state index contributed by atoms with van der Waals surface area (Å²) < 4.78 is 11.1. The third-order valence-electron chi connectivity index (χ3n) is 5.37. The van der Waals surface area contributed by atoms with E-state index < -0.39 is 11.1 Å². The van der Waals surface area contributed by atoms with Crippen LogP contribution in [-0.2, 0) is 33.5 Å². The third kappa shape index (κ3) is 3.70. The second-order valence-electron chi connectivity index (χ2n) is 9.80. The number of rotatable bonds is 5. The summed E-state index contributed by atoms with van der Waals surface area (Å²) in [4.78, 5) is 33.3. The molecule has 2 aliphatic rings. The lowest BCUT2D eigenvalue weighted by Gasteiger charge is -2.33. The molecule has 0 aromatic heterocycles. The van der Waals surface area contributed by atoms with E-state index in [1.165, 1.54) is 6.20 Å². The quantitative estimate of drug-likeness (QED) is 0.642. The molecule has 1 aromatic rings. The number of nitrogens with zero attached hydrogens (tertiary/aromatic N) is 2. The van der Waals surface area contributed by atoms with Gasteiger partial charge in [0.15, 0.2) is 0 Å². The summed E-state index contributed by atoms with van der Waals surface area (Å²) in [7, 11) is 3.31. The van der Waals surface area contributed by atoms with Gasteiger partial charge in [-0.2, -0.15) is 0 Å². The van der Waals surface area contributed by atoms with E-state index in [9.17, 15) is 9.59 Å². The molecule has 6 heteroatoms. The Balaban J connectivity index is 2.63. The number of hydrogen-bond donors (Lipinski definition) is 0. The Bertz CT molecular complexity index is 1220. The molecule has 0 aliphatic carbocycles. The molecule has 0 fully saturated rings. The summed E-state index contributed by atoms with van der Waals surface area (Å²) in [5.41, 5.74) is 3.89. The molecule has 2 aliphatic heterocycles. The van der Waals surface area contributed by atoms with Crippen LogP contribution in [0, 0.1) is 10.4 Å². The van der Waals surface area contributed by atoms with Crippen molar-refractivity contribution in [2.24, 2.45) is 0 Å². The smallest absolute Gasteiger partial charge is 0.280 e. The van der Waals surface area contributed by atoms with Crippen LogP contribution in [0.5, 0.6) is 0 Å². The molecule has 0 amide bonds. The van der Waals surface area contributed by atoms with Crippen molar-refractivity contribution in [3.8, 4) is 11.3 Å². The van der Waals surface area contributed by atoms with Crippen LogP contribution in [0.3, 0.4) is 0 Å². The molecule has 0 saturated heterocycles. The molecule has 3 rings (SSSR count). The minimum atomic E-state index is -0.424. The molecule has 30 heavy (non-hydrogen) atoms. The van der Waals surface area contributed by atoms with Crippen molar-refractivity contribution in [2.75, 3.05) is 14.2 Å². The van der Waals surface area contributed by atoms with Crippen LogP contribution in [0.15, 0.2) is 21.9 Å². The van der Waals surface area contributed by atoms with Gasteiger partial charge in [0.1, 0.15) is 0 Å². The van der Waals surface area contributed by atoms with Gasteiger partial charge in [-0.15, -0.1) is 0 Å². The summed E-state index contributed by atoms with van der Waals surface area (Å²) in [5, 5.41) is 0.560. The van der Waals surface area contributed by atoms with Crippen LogP contribution in [0.2, 0.25) is 0 Å². The van der Waals surface area contributed by atoms with E-state index in [4.69, 9.17) is 9.47 Å². The highest BCUT2D eigenvalue weighted by Crippen LogP contribution is 2.43. The summed E-state index contributed by atoms with van der Waals surface area (Å²) in [6.45, 7) is 13.5. The van der Waals surface area contributed by atoms with Crippen molar-refractivity contribution in [1.29, 1.82) is 0 Å². The van der Waals surface area contributed by atoms with Gasteiger partial charge in [0.25, 0.3) is 11.1 Å². The van der Waals surface area contributed by atoms with Gasteiger partial charge < -0.3 is 9.47 Å². The van der Waals surface area contributed by atoms with Crippen molar-refractivity contribution >= 4 is 0 Å². The van der Waals surface area contributed by atoms with Crippen LogP contribution in [0.1, 0.15) is 63.8 Å². The number of ether oxygens (including phenoxy) is 2. The zero-order valence-corrected chi connectivity index (χ0v) is 19.1. The Morgan fingerprint density at radius 2 is 1.53 bits per heavy atom. The Hall–Kier alpha value is -2.44. The molecule has 0 atom stereocenters. The Morgan fingerprint density at radius 3 is 2.07 bits per heavy atom. The summed E-state index contributed by atoms with van der Waals surface area (Å²) >= 11 is 0. The molecule has 0 radical (unpaired) electrons. The summed E-state index contributed by atoms with van der Waals surface area (Å²) in [5.74, 6) is 0. The third-order valence-corrected chi connectivity index (χ3v) is 5.37. The average molecular weight is 411 g/mol. The average Bonchev–Trinajstić information content (AvgIpc) is 3.15. The van der Waals surface area contributed by atoms with E-state index >= 15 is 0 Å². The maximum absolute atomic E-state index is 12.6. The van der Waals surface area contributed by atoms with Crippen molar-refractivity contribution in [3.05, 3.63) is 65.7 Å². The first kappa shape index (κ1) is 22.2. The van der Waals surface area contributed by atoms with Crippen molar-refractivity contribution in [1.82, 2.24) is 9.97 Å². The lowest BCUT2D eigenvalue weighted by atomic mass is 9.73. The number of benzene rings is 1. The lowest BCUT2D eigenvalue weighted by Crippen LogP contribution is -2.23. The second-order valence-corrected chi connectivity index (χ2v) is 9.80. The molecular formula is C24H30N2O4. The first-order chi connectivity index (χ1) is 13.9. The molecule has 160 valence electrons. The number of hydrogen-bond acceptors (Lipinski definition) is 6. The first-order valence-electron chi connectivity index (χ1n) is 10.1. The van der Waals surface area contributed by atoms with E-state index in [0.29, 0.717) is 18.9 Å². The molecule has 0 bridgehead atoms. The van der Waals surface area contributed by atoms with Gasteiger partial charge in [-0.3, -0.25) is 9.59 Å². The molecule has 0 unspecified atom stereocenters. The van der Waals surface area contributed by atoms with Crippen LogP contribution in [-0.4, -0.2) is 24.2 Å². The van der Waals surface area contributed by atoms with Crippen LogP contribution >= 0.6 is 0 Å². The van der Waals surface area contributed by atoms with Gasteiger partial charge in [-0.1, -0.05) is 47.6 Å². The van der Waals surface area contributed by atoms with E-state index in [-0.39, 0.29) is 21.3 Å². The predicted octanol–water partition coefficient (Wildman–Crippen LogP) is 3.35. The highest BCUT2D eigenvalue weighted by atomic mass is 16.5. The SMILES string of the molecule is COCc1cc(C(C)(C)C)c(COC)c(-c2nc(=O)c3cnc(=O)c2=3)c1C(C)(C)C. The topological polar surface area (TPSA) is 78.4 Å². The van der Waals surface area contributed by atoms with Gasteiger partial charge in [0.05, 0.1) is 29.3 Å². The zero-order chi connectivity index (χ0) is 22.4. The molecule has 2 heterocycles. The van der Waals surface area contributed by atoms with Crippen LogP contribution in [0.4, 0.5) is 0 Å². The Kier molecular flexibility index (Phi) is 5.69. The molecule has 0 saturated carbocycles. The maximum Gasteiger partial charge on any atom is 0.280 e. The highest BCUT2D eigenvalue weighted by molar-refractivity contribution is 5.74. The van der Waals surface area contributed by atoms with Gasteiger partial charge in [-0.05, 0) is 33.1 Å². The molecule has 1 aromatic carbocycles. The first-order valence-corrected chi connectivity index (χ1v) is 10.1. The molecular weight excluding hydrogens is 380 g/mol. The van der Waals surface area contributed by atoms with E-state index in [1.807, 2.05) is 0 Å². The van der Waals surface area contributed by atoms with Crippen LogP contribution in [0.25, 0.3) is 11.3 Å². The highest BCUT2D eigenvalue weighted by Gasteiger charge is 2.32. The van der Waals surface area contributed by atoms with E-state index in [0.717, 1.165) is 27.8 Å². The Labute approximate surface area is 176 Å². The monoisotopic (exact) mass is 410 g/mol. The predicted molar refractivity (Wildman–Crippen MR) is 117 cm³/mol. The van der Waals surface area contributed by atoms with Gasteiger partial charge >= 0.3 is 0 Å². The largest absolute Gasteiger partial charge is 0.380 e. The standard InChI is InChI=1S/C24H30N2O4/c1-23(2,3)16-9-13(11-29-7)19(24(4,5)6)17(15(16)12-30-8)20-18-14(21(27)26-20)10-25-22(18)28/h9-10H,11-12H2,1-8H3.